The second-order valence-corrected chi connectivity index (χ2v) is 6.61. The quantitative estimate of drug-likeness (QED) is 0.790. The van der Waals surface area contributed by atoms with Gasteiger partial charge in [0.2, 0.25) is 5.91 Å². The highest BCUT2D eigenvalue weighted by molar-refractivity contribution is 5.78. The smallest absolute Gasteiger partial charge is 0.225 e. The molecule has 0 unspecified atom stereocenters. The summed E-state index contributed by atoms with van der Waals surface area (Å²) in [6, 6.07) is 0.473. The first-order valence-corrected chi connectivity index (χ1v) is 7.52. The van der Waals surface area contributed by atoms with E-state index in [0.717, 1.165) is 51.5 Å². The van der Waals surface area contributed by atoms with Crippen LogP contribution in [-0.2, 0) is 4.79 Å². The van der Waals surface area contributed by atoms with Crippen molar-refractivity contribution in [3.05, 3.63) is 0 Å². The molecule has 18 heavy (non-hydrogen) atoms. The van der Waals surface area contributed by atoms with Crippen LogP contribution in [0.25, 0.3) is 0 Å². The molecule has 3 heteroatoms. The number of carbonyl (C=O) groups excluding carboxylic acids is 1. The third-order valence-electron chi connectivity index (χ3n) is 4.27. The molecule has 0 bridgehead atoms. The summed E-state index contributed by atoms with van der Waals surface area (Å²) in [4.78, 5) is 14.4. The van der Waals surface area contributed by atoms with Crippen molar-refractivity contribution in [1.82, 2.24) is 4.90 Å². The lowest BCUT2D eigenvalue weighted by molar-refractivity contribution is -0.137. The van der Waals surface area contributed by atoms with Crippen LogP contribution in [0.15, 0.2) is 0 Å². The van der Waals surface area contributed by atoms with Gasteiger partial charge in [-0.25, -0.2) is 0 Å². The average molecular weight is 253 g/mol. The molecule has 1 amide bonds. The molecule has 2 rings (SSSR count). The van der Waals surface area contributed by atoms with Crippen LogP contribution in [0.3, 0.4) is 0 Å². The van der Waals surface area contributed by atoms with Crippen LogP contribution in [0, 0.1) is 5.92 Å². The lowest BCUT2D eigenvalue weighted by Crippen LogP contribution is -2.40. The first-order valence-electron chi connectivity index (χ1n) is 7.52. The van der Waals surface area contributed by atoms with Gasteiger partial charge in [-0.05, 0) is 38.0 Å². The van der Waals surface area contributed by atoms with Crippen molar-refractivity contribution in [3.8, 4) is 0 Å². The molecule has 2 fully saturated rings. The van der Waals surface area contributed by atoms with Crippen molar-refractivity contribution in [2.24, 2.45) is 5.92 Å². The standard InChI is InChI=1S/C15H27NO2/c1-12(2)7-10-16(13-5-6-13)14(17)11-15(18)8-3-4-9-15/h12-13,18H,3-11H2,1-2H3. The van der Waals surface area contributed by atoms with E-state index in [1.54, 1.807) is 0 Å². The van der Waals surface area contributed by atoms with Gasteiger partial charge in [0.15, 0.2) is 0 Å². The molecule has 3 nitrogen and oxygen atoms in total. The SMILES string of the molecule is CC(C)CCN(C(=O)CC1(O)CCCC1)C1CC1. The molecule has 2 aliphatic rings. The minimum atomic E-state index is -0.692. The highest BCUT2D eigenvalue weighted by Crippen LogP contribution is 2.35. The van der Waals surface area contributed by atoms with Gasteiger partial charge in [0, 0.05) is 12.6 Å². The minimum absolute atomic E-state index is 0.183. The summed E-state index contributed by atoms with van der Waals surface area (Å²) in [5, 5.41) is 10.3. The van der Waals surface area contributed by atoms with E-state index in [0.29, 0.717) is 18.4 Å². The Labute approximate surface area is 111 Å². The third-order valence-corrected chi connectivity index (χ3v) is 4.27. The van der Waals surface area contributed by atoms with Crippen molar-refractivity contribution in [1.29, 1.82) is 0 Å². The summed E-state index contributed by atoms with van der Waals surface area (Å²) in [6.07, 6.45) is 7.48. The minimum Gasteiger partial charge on any atom is -0.389 e. The third kappa shape index (κ3) is 3.71. The number of hydrogen-bond acceptors (Lipinski definition) is 2. The molecule has 0 aliphatic heterocycles. The Hall–Kier alpha value is -0.570. The second kappa shape index (κ2) is 5.60. The van der Waals surface area contributed by atoms with Gasteiger partial charge in [0.25, 0.3) is 0 Å². The van der Waals surface area contributed by atoms with Crippen LogP contribution in [0.4, 0.5) is 0 Å². The van der Waals surface area contributed by atoms with Crippen molar-refractivity contribution in [3.63, 3.8) is 0 Å². The van der Waals surface area contributed by atoms with E-state index in [2.05, 4.69) is 13.8 Å². The van der Waals surface area contributed by atoms with E-state index in [4.69, 9.17) is 0 Å². The monoisotopic (exact) mass is 253 g/mol. The van der Waals surface area contributed by atoms with Crippen LogP contribution in [0.2, 0.25) is 0 Å². The Bertz CT molecular complexity index is 291. The molecule has 1 N–H and O–H groups in total. The van der Waals surface area contributed by atoms with E-state index in [9.17, 15) is 9.90 Å². The van der Waals surface area contributed by atoms with E-state index in [1.807, 2.05) is 4.90 Å². The van der Waals surface area contributed by atoms with Gasteiger partial charge in [-0.15, -0.1) is 0 Å². The van der Waals surface area contributed by atoms with Gasteiger partial charge in [-0.2, -0.15) is 0 Å². The number of carbonyl (C=O) groups is 1. The molecule has 104 valence electrons. The Balaban J connectivity index is 1.87. The van der Waals surface area contributed by atoms with Crippen molar-refractivity contribution in [2.45, 2.75) is 76.9 Å². The summed E-state index contributed by atoms with van der Waals surface area (Å²) in [7, 11) is 0. The number of aliphatic hydroxyl groups is 1. The largest absolute Gasteiger partial charge is 0.389 e. The number of rotatable bonds is 6. The summed E-state index contributed by atoms with van der Waals surface area (Å²) in [5.74, 6) is 0.816. The van der Waals surface area contributed by atoms with Gasteiger partial charge >= 0.3 is 0 Å². The highest BCUT2D eigenvalue weighted by Gasteiger charge is 2.38. The van der Waals surface area contributed by atoms with Gasteiger partial charge in [0.1, 0.15) is 0 Å². The second-order valence-electron chi connectivity index (χ2n) is 6.61. The van der Waals surface area contributed by atoms with E-state index < -0.39 is 5.60 Å². The molecule has 0 aromatic carbocycles. The van der Waals surface area contributed by atoms with Gasteiger partial charge in [-0.1, -0.05) is 26.7 Å². The molecule has 0 aromatic heterocycles. The molecule has 0 saturated heterocycles. The molecular formula is C15H27NO2. The van der Waals surface area contributed by atoms with Crippen LogP contribution in [0.5, 0.6) is 0 Å². The Morgan fingerprint density at radius 2 is 1.94 bits per heavy atom. The van der Waals surface area contributed by atoms with Crippen molar-refractivity contribution >= 4 is 5.91 Å². The normalized spacial score (nSPS) is 22.4. The lowest BCUT2D eigenvalue weighted by Gasteiger charge is -2.28. The molecule has 2 saturated carbocycles. The van der Waals surface area contributed by atoms with Gasteiger partial charge in [0.05, 0.1) is 12.0 Å². The fourth-order valence-corrected chi connectivity index (χ4v) is 2.89. The zero-order chi connectivity index (χ0) is 13.2. The van der Waals surface area contributed by atoms with Crippen LogP contribution >= 0.6 is 0 Å². The Kier molecular flexibility index (Phi) is 4.31. The Morgan fingerprint density at radius 1 is 1.33 bits per heavy atom. The molecular weight excluding hydrogens is 226 g/mol. The maximum Gasteiger partial charge on any atom is 0.225 e. The molecule has 0 aromatic rings. The fourth-order valence-electron chi connectivity index (χ4n) is 2.89. The van der Waals surface area contributed by atoms with Gasteiger partial charge < -0.3 is 10.0 Å². The maximum atomic E-state index is 12.4. The summed E-state index contributed by atoms with van der Waals surface area (Å²) in [5.41, 5.74) is -0.692. The fraction of sp³-hybridized carbons (Fsp3) is 0.933. The first-order chi connectivity index (χ1) is 8.50. The van der Waals surface area contributed by atoms with Crippen LogP contribution in [-0.4, -0.2) is 34.1 Å². The lowest BCUT2D eigenvalue weighted by atomic mass is 9.97. The summed E-state index contributed by atoms with van der Waals surface area (Å²) in [6.45, 7) is 5.26. The molecule has 0 radical (unpaired) electrons. The zero-order valence-corrected chi connectivity index (χ0v) is 11.8. The average Bonchev–Trinajstić information content (AvgIpc) is 3.02. The topological polar surface area (TPSA) is 40.5 Å². The number of hydrogen-bond donors (Lipinski definition) is 1. The maximum absolute atomic E-state index is 12.4. The van der Waals surface area contributed by atoms with Crippen LogP contribution in [0.1, 0.15) is 65.2 Å². The summed E-state index contributed by atoms with van der Waals surface area (Å²) >= 11 is 0. The van der Waals surface area contributed by atoms with E-state index in [1.165, 1.54) is 0 Å². The van der Waals surface area contributed by atoms with E-state index >= 15 is 0 Å². The molecule has 0 atom stereocenters. The Morgan fingerprint density at radius 3 is 2.44 bits per heavy atom. The predicted octanol–water partition coefficient (Wildman–Crippen LogP) is 2.72. The number of amides is 1. The number of nitrogens with zero attached hydrogens (tertiary/aromatic N) is 1. The van der Waals surface area contributed by atoms with E-state index in [-0.39, 0.29) is 5.91 Å². The molecule has 0 spiro atoms. The van der Waals surface area contributed by atoms with Crippen molar-refractivity contribution in [2.75, 3.05) is 6.54 Å². The highest BCUT2D eigenvalue weighted by atomic mass is 16.3. The van der Waals surface area contributed by atoms with Gasteiger partial charge in [-0.3, -0.25) is 4.79 Å². The van der Waals surface area contributed by atoms with Crippen molar-refractivity contribution < 1.29 is 9.90 Å². The molecule has 0 heterocycles. The van der Waals surface area contributed by atoms with Crippen LogP contribution < -0.4 is 0 Å². The first kappa shape index (κ1) is 13.9. The molecule has 2 aliphatic carbocycles. The summed E-state index contributed by atoms with van der Waals surface area (Å²) < 4.78 is 0. The predicted molar refractivity (Wildman–Crippen MR) is 72.2 cm³/mol. The zero-order valence-electron chi connectivity index (χ0n) is 11.8.